The largest absolute Gasteiger partial charge is 0.493 e. The zero-order chi connectivity index (χ0) is 13.8. The number of methoxy groups -OCH3 is 3. The van der Waals surface area contributed by atoms with Gasteiger partial charge in [-0.15, -0.1) is 0 Å². The van der Waals surface area contributed by atoms with Crippen LogP contribution in [0, 0.1) is 0 Å². The van der Waals surface area contributed by atoms with Crippen molar-refractivity contribution in [3.05, 3.63) is 17.7 Å². The van der Waals surface area contributed by atoms with E-state index in [0.29, 0.717) is 17.2 Å². The van der Waals surface area contributed by atoms with E-state index in [1.165, 1.54) is 0 Å². The number of carbonyl (C=O) groups is 1. The molecule has 19 heavy (non-hydrogen) atoms. The van der Waals surface area contributed by atoms with Crippen LogP contribution >= 0.6 is 0 Å². The maximum Gasteiger partial charge on any atom is 0.227 e. The minimum absolute atomic E-state index is 0.0560. The van der Waals surface area contributed by atoms with Gasteiger partial charge in [0.05, 0.1) is 27.2 Å². The van der Waals surface area contributed by atoms with Gasteiger partial charge in [0, 0.05) is 6.54 Å². The van der Waals surface area contributed by atoms with Crippen molar-refractivity contribution >= 4 is 5.91 Å². The van der Waals surface area contributed by atoms with Crippen LogP contribution < -0.4 is 19.5 Å². The fourth-order valence-electron chi connectivity index (χ4n) is 2.39. The molecule has 1 aliphatic heterocycles. The normalized spacial score (nSPS) is 18.7. The van der Waals surface area contributed by atoms with Gasteiger partial charge in [-0.25, -0.2) is 0 Å². The minimum Gasteiger partial charge on any atom is -0.493 e. The Balaban J connectivity index is 2.43. The SMILES string of the molecule is COc1cc(C2CCCNC2=O)cc(OC)c1OC. The Bertz CT molecular complexity index is 448. The van der Waals surface area contributed by atoms with Gasteiger partial charge < -0.3 is 19.5 Å². The van der Waals surface area contributed by atoms with Crippen molar-refractivity contribution in [1.29, 1.82) is 0 Å². The topological polar surface area (TPSA) is 56.8 Å². The van der Waals surface area contributed by atoms with E-state index in [0.717, 1.165) is 24.9 Å². The summed E-state index contributed by atoms with van der Waals surface area (Å²) in [4.78, 5) is 11.9. The average molecular weight is 265 g/mol. The quantitative estimate of drug-likeness (QED) is 0.900. The van der Waals surface area contributed by atoms with Gasteiger partial charge in [-0.3, -0.25) is 4.79 Å². The molecule has 1 aromatic carbocycles. The number of ether oxygens (including phenoxy) is 3. The van der Waals surface area contributed by atoms with Gasteiger partial charge >= 0.3 is 0 Å². The summed E-state index contributed by atoms with van der Waals surface area (Å²) in [5.74, 6) is 1.61. The molecule has 5 nitrogen and oxygen atoms in total. The monoisotopic (exact) mass is 265 g/mol. The summed E-state index contributed by atoms with van der Waals surface area (Å²) in [6.07, 6.45) is 1.82. The number of rotatable bonds is 4. The highest BCUT2D eigenvalue weighted by Crippen LogP contribution is 2.41. The summed E-state index contributed by atoms with van der Waals surface area (Å²) in [5.41, 5.74) is 0.895. The molecule has 0 spiro atoms. The highest BCUT2D eigenvalue weighted by atomic mass is 16.5. The van der Waals surface area contributed by atoms with Crippen LogP contribution in [0.15, 0.2) is 12.1 Å². The molecule has 1 aliphatic rings. The van der Waals surface area contributed by atoms with E-state index in [2.05, 4.69) is 5.32 Å². The van der Waals surface area contributed by atoms with E-state index in [1.807, 2.05) is 12.1 Å². The third kappa shape index (κ3) is 2.59. The van der Waals surface area contributed by atoms with E-state index in [1.54, 1.807) is 21.3 Å². The smallest absolute Gasteiger partial charge is 0.227 e. The molecule has 1 N–H and O–H groups in total. The average Bonchev–Trinajstić information content (AvgIpc) is 2.46. The molecule has 5 heteroatoms. The van der Waals surface area contributed by atoms with Crippen molar-refractivity contribution in [3.8, 4) is 17.2 Å². The van der Waals surface area contributed by atoms with Gasteiger partial charge in [-0.2, -0.15) is 0 Å². The molecular formula is C14H19NO4. The summed E-state index contributed by atoms with van der Waals surface area (Å²) >= 11 is 0. The molecule has 104 valence electrons. The van der Waals surface area contributed by atoms with E-state index < -0.39 is 0 Å². The fourth-order valence-corrected chi connectivity index (χ4v) is 2.39. The molecule has 1 heterocycles. The molecule has 0 radical (unpaired) electrons. The van der Waals surface area contributed by atoms with Gasteiger partial charge in [0.25, 0.3) is 0 Å². The lowest BCUT2D eigenvalue weighted by atomic mass is 9.90. The summed E-state index contributed by atoms with van der Waals surface area (Å²) < 4.78 is 15.9. The number of hydrogen-bond donors (Lipinski definition) is 1. The lowest BCUT2D eigenvalue weighted by molar-refractivity contribution is -0.123. The zero-order valence-electron chi connectivity index (χ0n) is 11.5. The molecule has 1 aromatic rings. The predicted molar refractivity (Wildman–Crippen MR) is 71.1 cm³/mol. The Labute approximate surface area is 112 Å². The molecular weight excluding hydrogens is 246 g/mol. The van der Waals surface area contributed by atoms with Crippen molar-refractivity contribution in [1.82, 2.24) is 5.32 Å². The maximum atomic E-state index is 11.9. The third-order valence-electron chi connectivity index (χ3n) is 3.37. The molecule has 2 rings (SSSR count). The van der Waals surface area contributed by atoms with Gasteiger partial charge in [-0.05, 0) is 30.5 Å². The first-order chi connectivity index (χ1) is 9.21. The van der Waals surface area contributed by atoms with Crippen LogP contribution in [0.5, 0.6) is 17.2 Å². The highest BCUT2D eigenvalue weighted by molar-refractivity contribution is 5.84. The van der Waals surface area contributed by atoms with Crippen LogP contribution in [0.25, 0.3) is 0 Å². The van der Waals surface area contributed by atoms with Gasteiger partial charge in [0.15, 0.2) is 11.5 Å². The Kier molecular flexibility index (Phi) is 4.14. The second kappa shape index (κ2) is 5.82. The number of amides is 1. The van der Waals surface area contributed by atoms with Crippen molar-refractivity contribution < 1.29 is 19.0 Å². The van der Waals surface area contributed by atoms with Crippen LogP contribution in [0.2, 0.25) is 0 Å². The number of benzene rings is 1. The number of carbonyl (C=O) groups excluding carboxylic acids is 1. The lowest BCUT2D eigenvalue weighted by Crippen LogP contribution is -2.35. The molecule has 1 amide bonds. The zero-order valence-corrected chi connectivity index (χ0v) is 11.5. The van der Waals surface area contributed by atoms with E-state index >= 15 is 0 Å². The molecule has 1 unspecified atom stereocenters. The van der Waals surface area contributed by atoms with E-state index in [4.69, 9.17) is 14.2 Å². The maximum absolute atomic E-state index is 11.9. The van der Waals surface area contributed by atoms with E-state index in [9.17, 15) is 4.79 Å². The molecule has 1 saturated heterocycles. The molecule has 1 fully saturated rings. The van der Waals surface area contributed by atoms with Crippen LogP contribution in [0.1, 0.15) is 24.3 Å². The Morgan fingerprint density at radius 2 is 1.74 bits per heavy atom. The van der Waals surface area contributed by atoms with Crippen molar-refractivity contribution in [2.24, 2.45) is 0 Å². The van der Waals surface area contributed by atoms with Crippen LogP contribution in [0.3, 0.4) is 0 Å². The summed E-state index contributed by atoms with van der Waals surface area (Å²) in [5, 5.41) is 2.88. The van der Waals surface area contributed by atoms with Crippen molar-refractivity contribution in [2.45, 2.75) is 18.8 Å². The Morgan fingerprint density at radius 1 is 1.11 bits per heavy atom. The highest BCUT2D eigenvalue weighted by Gasteiger charge is 2.26. The molecule has 0 saturated carbocycles. The third-order valence-corrected chi connectivity index (χ3v) is 3.37. The van der Waals surface area contributed by atoms with Crippen molar-refractivity contribution in [2.75, 3.05) is 27.9 Å². The first-order valence-electron chi connectivity index (χ1n) is 6.29. The summed E-state index contributed by atoms with van der Waals surface area (Å²) in [6.45, 7) is 0.750. The molecule has 1 atom stereocenters. The number of hydrogen-bond acceptors (Lipinski definition) is 4. The van der Waals surface area contributed by atoms with Crippen LogP contribution in [-0.4, -0.2) is 33.8 Å². The Morgan fingerprint density at radius 3 is 2.21 bits per heavy atom. The van der Waals surface area contributed by atoms with Gasteiger partial charge in [0.2, 0.25) is 11.7 Å². The standard InChI is InChI=1S/C14H19NO4/c1-17-11-7-9(8-12(18-2)13(11)19-3)10-5-4-6-15-14(10)16/h7-8,10H,4-6H2,1-3H3,(H,15,16). The first kappa shape index (κ1) is 13.5. The Hall–Kier alpha value is -1.91. The predicted octanol–water partition coefficient (Wildman–Crippen LogP) is 1.71. The molecule has 0 aliphatic carbocycles. The number of nitrogens with one attached hydrogen (secondary N) is 1. The van der Waals surface area contributed by atoms with Gasteiger partial charge in [0.1, 0.15) is 0 Å². The van der Waals surface area contributed by atoms with Gasteiger partial charge in [-0.1, -0.05) is 0 Å². The summed E-state index contributed by atoms with van der Waals surface area (Å²) in [6, 6.07) is 3.69. The first-order valence-corrected chi connectivity index (χ1v) is 6.29. The minimum atomic E-state index is -0.151. The second-order valence-corrected chi connectivity index (χ2v) is 4.44. The second-order valence-electron chi connectivity index (χ2n) is 4.44. The fraction of sp³-hybridized carbons (Fsp3) is 0.500. The van der Waals surface area contributed by atoms with Crippen molar-refractivity contribution in [3.63, 3.8) is 0 Å². The lowest BCUT2D eigenvalue weighted by Gasteiger charge is -2.23. The molecule has 0 bridgehead atoms. The summed E-state index contributed by atoms with van der Waals surface area (Å²) in [7, 11) is 4.71. The van der Waals surface area contributed by atoms with Crippen LogP contribution in [-0.2, 0) is 4.79 Å². The molecule has 0 aromatic heterocycles. The number of piperidine rings is 1. The van der Waals surface area contributed by atoms with Crippen LogP contribution in [0.4, 0.5) is 0 Å². The van der Waals surface area contributed by atoms with E-state index in [-0.39, 0.29) is 11.8 Å².